The summed E-state index contributed by atoms with van der Waals surface area (Å²) < 4.78 is 11.5. The van der Waals surface area contributed by atoms with Crippen LogP contribution in [0.4, 0.5) is 10.6 Å². The maximum Gasteiger partial charge on any atom is 0.323 e. The van der Waals surface area contributed by atoms with Crippen LogP contribution in [0.25, 0.3) is 0 Å². The second-order valence-corrected chi connectivity index (χ2v) is 5.31. The fourth-order valence-electron chi connectivity index (χ4n) is 2.66. The Hall–Kier alpha value is -2.51. The van der Waals surface area contributed by atoms with E-state index in [0.717, 1.165) is 18.5 Å². The van der Waals surface area contributed by atoms with Crippen molar-refractivity contribution in [3.05, 3.63) is 24.1 Å². The highest BCUT2D eigenvalue weighted by atomic mass is 16.5. The lowest BCUT2D eigenvalue weighted by Gasteiger charge is -2.31. The van der Waals surface area contributed by atoms with Gasteiger partial charge in [0.2, 0.25) is 5.88 Å². The van der Waals surface area contributed by atoms with Gasteiger partial charge in [-0.25, -0.2) is 9.48 Å². The Morgan fingerprint density at radius 3 is 2.82 bits per heavy atom. The summed E-state index contributed by atoms with van der Waals surface area (Å²) in [5.41, 5.74) is 0.969. The normalized spacial score (nSPS) is 15.8. The zero-order valence-corrected chi connectivity index (χ0v) is 12.7. The van der Waals surface area contributed by atoms with Crippen LogP contribution < -0.4 is 10.1 Å². The number of likely N-dealkylation sites (tertiary alicyclic amines) is 1. The van der Waals surface area contributed by atoms with Crippen LogP contribution in [0.5, 0.6) is 5.88 Å². The van der Waals surface area contributed by atoms with Crippen molar-refractivity contribution in [1.29, 1.82) is 0 Å². The van der Waals surface area contributed by atoms with Crippen molar-refractivity contribution in [2.45, 2.75) is 18.8 Å². The van der Waals surface area contributed by atoms with Gasteiger partial charge in [0, 0.05) is 38.2 Å². The lowest BCUT2D eigenvalue weighted by molar-refractivity contribution is 0.193. The van der Waals surface area contributed by atoms with Crippen LogP contribution in [0.15, 0.2) is 22.9 Å². The summed E-state index contributed by atoms with van der Waals surface area (Å²) in [7, 11) is 3.30. The number of urea groups is 1. The van der Waals surface area contributed by atoms with Gasteiger partial charge in [-0.3, -0.25) is 5.32 Å². The van der Waals surface area contributed by atoms with E-state index >= 15 is 0 Å². The largest absolute Gasteiger partial charge is 0.480 e. The van der Waals surface area contributed by atoms with Crippen molar-refractivity contribution in [3.8, 4) is 5.88 Å². The first kappa shape index (κ1) is 14.4. The van der Waals surface area contributed by atoms with Crippen LogP contribution in [0, 0.1) is 0 Å². The SMILES string of the molecule is COc1cc(NC(=O)N2CCC(c3ccon3)CC2)n(C)n1. The molecule has 2 amide bonds. The predicted octanol–water partition coefficient (Wildman–Crippen LogP) is 1.83. The average molecular weight is 305 g/mol. The molecule has 0 atom stereocenters. The Labute approximate surface area is 128 Å². The Balaban J connectivity index is 1.56. The van der Waals surface area contributed by atoms with Crippen LogP contribution >= 0.6 is 0 Å². The number of hydrogen-bond acceptors (Lipinski definition) is 5. The number of carbonyl (C=O) groups is 1. The molecular formula is C14H19N5O3. The van der Waals surface area contributed by atoms with E-state index in [1.807, 2.05) is 6.07 Å². The monoisotopic (exact) mass is 305 g/mol. The van der Waals surface area contributed by atoms with Gasteiger partial charge in [-0.1, -0.05) is 5.16 Å². The molecule has 0 radical (unpaired) electrons. The standard InChI is InChI=1S/C14H19N5O3/c1-18-12(9-13(16-18)21-2)15-14(20)19-6-3-10(4-7-19)11-5-8-22-17-11/h5,8-10H,3-4,6-7H2,1-2H3,(H,15,20). The molecule has 0 saturated carbocycles. The number of nitrogens with one attached hydrogen (secondary N) is 1. The molecule has 2 aromatic heterocycles. The summed E-state index contributed by atoms with van der Waals surface area (Å²) >= 11 is 0. The van der Waals surface area contributed by atoms with E-state index in [1.54, 1.807) is 36.1 Å². The summed E-state index contributed by atoms with van der Waals surface area (Å²) in [6.07, 6.45) is 3.35. The number of rotatable bonds is 3. The first-order valence-corrected chi connectivity index (χ1v) is 7.21. The lowest BCUT2D eigenvalue weighted by Crippen LogP contribution is -2.40. The third-order valence-electron chi connectivity index (χ3n) is 3.96. The molecule has 22 heavy (non-hydrogen) atoms. The van der Waals surface area contributed by atoms with Gasteiger partial charge < -0.3 is 14.2 Å². The predicted molar refractivity (Wildman–Crippen MR) is 78.8 cm³/mol. The molecule has 0 bridgehead atoms. The van der Waals surface area contributed by atoms with Crippen LogP contribution in [0.1, 0.15) is 24.5 Å². The van der Waals surface area contributed by atoms with E-state index in [1.165, 1.54) is 0 Å². The zero-order valence-electron chi connectivity index (χ0n) is 12.7. The molecule has 8 nitrogen and oxygen atoms in total. The van der Waals surface area contributed by atoms with Gasteiger partial charge in [0.05, 0.1) is 12.8 Å². The number of ether oxygens (including phenoxy) is 1. The molecular weight excluding hydrogens is 286 g/mol. The van der Waals surface area contributed by atoms with Crippen molar-refractivity contribution in [1.82, 2.24) is 19.8 Å². The molecule has 2 aromatic rings. The summed E-state index contributed by atoms with van der Waals surface area (Å²) in [5.74, 6) is 1.45. The molecule has 1 saturated heterocycles. The van der Waals surface area contributed by atoms with Crippen molar-refractivity contribution in [2.24, 2.45) is 7.05 Å². The maximum absolute atomic E-state index is 12.3. The van der Waals surface area contributed by atoms with Crippen molar-refractivity contribution < 1.29 is 14.1 Å². The van der Waals surface area contributed by atoms with Gasteiger partial charge >= 0.3 is 6.03 Å². The second-order valence-electron chi connectivity index (χ2n) is 5.31. The number of hydrogen-bond donors (Lipinski definition) is 1. The van der Waals surface area contributed by atoms with E-state index in [0.29, 0.717) is 30.7 Å². The molecule has 3 heterocycles. The van der Waals surface area contributed by atoms with Crippen molar-refractivity contribution >= 4 is 11.8 Å². The zero-order chi connectivity index (χ0) is 15.5. The fraction of sp³-hybridized carbons (Fsp3) is 0.500. The summed E-state index contributed by atoms with van der Waals surface area (Å²) in [6, 6.07) is 3.46. The summed E-state index contributed by atoms with van der Waals surface area (Å²) in [5, 5.41) is 11.0. The minimum Gasteiger partial charge on any atom is -0.480 e. The molecule has 118 valence electrons. The minimum absolute atomic E-state index is 0.121. The summed E-state index contributed by atoms with van der Waals surface area (Å²) in [6.45, 7) is 1.39. The molecule has 0 aliphatic carbocycles. The number of piperidine rings is 1. The fourth-order valence-corrected chi connectivity index (χ4v) is 2.66. The van der Waals surface area contributed by atoms with Gasteiger partial charge in [-0.05, 0) is 12.8 Å². The van der Waals surface area contributed by atoms with Crippen LogP contribution in [0.2, 0.25) is 0 Å². The molecule has 0 spiro atoms. The van der Waals surface area contributed by atoms with E-state index in [4.69, 9.17) is 9.26 Å². The maximum atomic E-state index is 12.3. The highest BCUT2D eigenvalue weighted by Gasteiger charge is 2.25. The summed E-state index contributed by atoms with van der Waals surface area (Å²) in [4.78, 5) is 14.1. The third kappa shape index (κ3) is 2.90. The molecule has 1 N–H and O–H groups in total. The van der Waals surface area contributed by atoms with Crippen LogP contribution in [0.3, 0.4) is 0 Å². The van der Waals surface area contributed by atoms with Crippen molar-refractivity contribution in [2.75, 3.05) is 25.5 Å². The number of carbonyl (C=O) groups excluding carboxylic acids is 1. The van der Waals surface area contributed by atoms with Gasteiger partial charge in [-0.15, -0.1) is 5.10 Å². The number of amides is 2. The van der Waals surface area contributed by atoms with Gasteiger partial charge in [0.15, 0.2) is 0 Å². The molecule has 0 unspecified atom stereocenters. The van der Waals surface area contributed by atoms with E-state index in [9.17, 15) is 4.79 Å². The number of aromatic nitrogens is 3. The third-order valence-corrected chi connectivity index (χ3v) is 3.96. The first-order chi connectivity index (χ1) is 10.7. The molecule has 1 fully saturated rings. The van der Waals surface area contributed by atoms with Crippen molar-refractivity contribution in [3.63, 3.8) is 0 Å². The Kier molecular flexibility index (Phi) is 3.99. The van der Waals surface area contributed by atoms with Crippen LogP contribution in [-0.2, 0) is 7.05 Å². The molecule has 1 aliphatic rings. The average Bonchev–Trinajstić information content (AvgIpc) is 3.18. The smallest absolute Gasteiger partial charge is 0.323 e. The van der Waals surface area contributed by atoms with E-state index in [-0.39, 0.29) is 6.03 Å². The Morgan fingerprint density at radius 1 is 1.45 bits per heavy atom. The van der Waals surface area contributed by atoms with E-state index in [2.05, 4.69) is 15.6 Å². The quantitative estimate of drug-likeness (QED) is 0.935. The number of methoxy groups -OCH3 is 1. The van der Waals surface area contributed by atoms with Crippen LogP contribution in [-0.4, -0.2) is 46.1 Å². The molecule has 0 aromatic carbocycles. The minimum atomic E-state index is -0.121. The van der Waals surface area contributed by atoms with Gasteiger partial charge in [0.1, 0.15) is 12.1 Å². The van der Waals surface area contributed by atoms with E-state index < -0.39 is 0 Å². The first-order valence-electron chi connectivity index (χ1n) is 7.21. The topological polar surface area (TPSA) is 85.4 Å². The second kappa shape index (κ2) is 6.08. The highest BCUT2D eigenvalue weighted by Crippen LogP contribution is 2.27. The Bertz CT molecular complexity index is 629. The Morgan fingerprint density at radius 2 is 2.23 bits per heavy atom. The molecule has 3 rings (SSSR count). The number of anilines is 1. The number of nitrogens with zero attached hydrogens (tertiary/aromatic N) is 4. The van der Waals surface area contributed by atoms with Gasteiger partial charge in [0.25, 0.3) is 0 Å². The van der Waals surface area contributed by atoms with Gasteiger partial charge in [-0.2, -0.15) is 0 Å². The number of aryl methyl sites for hydroxylation is 1. The lowest BCUT2D eigenvalue weighted by atomic mass is 9.94. The highest BCUT2D eigenvalue weighted by molar-refractivity contribution is 5.88. The molecule has 1 aliphatic heterocycles. The molecule has 8 heteroatoms.